The summed E-state index contributed by atoms with van der Waals surface area (Å²) in [5.41, 5.74) is 5.33. The van der Waals surface area contributed by atoms with Crippen molar-refractivity contribution < 1.29 is 4.39 Å². The van der Waals surface area contributed by atoms with Gasteiger partial charge in [0.2, 0.25) is 5.95 Å². The number of halogens is 1. The summed E-state index contributed by atoms with van der Waals surface area (Å²) in [5.74, 6) is 1.13. The molecule has 0 saturated heterocycles. The number of aryl methyl sites for hydroxylation is 3. The molecule has 134 valence electrons. The number of hydrogen-bond donors (Lipinski definition) is 2. The Morgan fingerprint density at radius 3 is 2.27 bits per heavy atom. The Bertz CT molecular complexity index is 871. The van der Waals surface area contributed by atoms with Crippen molar-refractivity contribution in [2.24, 2.45) is 0 Å². The van der Waals surface area contributed by atoms with E-state index in [-0.39, 0.29) is 5.82 Å². The fourth-order valence-electron chi connectivity index (χ4n) is 2.88. The van der Waals surface area contributed by atoms with Crippen LogP contribution in [0.5, 0.6) is 0 Å². The van der Waals surface area contributed by atoms with Gasteiger partial charge in [-0.2, -0.15) is 4.98 Å². The molecule has 5 heteroatoms. The summed E-state index contributed by atoms with van der Waals surface area (Å²) in [6.45, 7) is 6.79. The molecule has 0 amide bonds. The van der Waals surface area contributed by atoms with Crippen LogP contribution in [0.15, 0.2) is 48.5 Å². The zero-order valence-corrected chi connectivity index (χ0v) is 15.3. The summed E-state index contributed by atoms with van der Waals surface area (Å²) in [7, 11) is 0. The summed E-state index contributed by atoms with van der Waals surface area (Å²) in [6.07, 6.45) is 0.795. The molecular formula is C21H23FN4. The number of hydrogen-bond acceptors (Lipinski definition) is 4. The van der Waals surface area contributed by atoms with E-state index < -0.39 is 0 Å². The average Bonchev–Trinajstić information content (AvgIpc) is 2.55. The molecule has 0 spiro atoms. The van der Waals surface area contributed by atoms with Crippen molar-refractivity contribution in [3.8, 4) is 0 Å². The molecule has 3 aromatic rings. The Labute approximate surface area is 153 Å². The van der Waals surface area contributed by atoms with Gasteiger partial charge in [0.25, 0.3) is 0 Å². The van der Waals surface area contributed by atoms with Crippen molar-refractivity contribution in [1.29, 1.82) is 0 Å². The highest BCUT2D eigenvalue weighted by Crippen LogP contribution is 2.19. The van der Waals surface area contributed by atoms with Crippen LogP contribution in [0.25, 0.3) is 0 Å². The van der Waals surface area contributed by atoms with Crippen molar-refractivity contribution in [1.82, 2.24) is 9.97 Å². The van der Waals surface area contributed by atoms with Crippen molar-refractivity contribution in [3.05, 3.63) is 76.7 Å². The minimum Gasteiger partial charge on any atom is -0.370 e. The van der Waals surface area contributed by atoms with E-state index in [0.717, 1.165) is 29.2 Å². The first-order valence-corrected chi connectivity index (χ1v) is 8.67. The first-order chi connectivity index (χ1) is 12.5. The molecule has 1 heterocycles. The topological polar surface area (TPSA) is 49.8 Å². The molecule has 2 N–H and O–H groups in total. The molecule has 0 unspecified atom stereocenters. The molecule has 0 aliphatic carbocycles. The zero-order chi connectivity index (χ0) is 18.5. The van der Waals surface area contributed by atoms with Gasteiger partial charge in [-0.25, -0.2) is 9.37 Å². The van der Waals surface area contributed by atoms with Gasteiger partial charge in [-0.15, -0.1) is 0 Å². The van der Waals surface area contributed by atoms with E-state index in [1.54, 1.807) is 12.1 Å². The molecule has 4 nitrogen and oxygen atoms in total. The van der Waals surface area contributed by atoms with Crippen LogP contribution in [-0.4, -0.2) is 16.5 Å². The van der Waals surface area contributed by atoms with E-state index in [0.29, 0.717) is 12.5 Å². The quantitative estimate of drug-likeness (QED) is 0.661. The molecule has 0 fully saturated rings. The third-order valence-electron chi connectivity index (χ3n) is 3.97. The fourth-order valence-corrected chi connectivity index (χ4v) is 2.88. The molecule has 0 radical (unpaired) electrons. The van der Waals surface area contributed by atoms with E-state index in [1.165, 1.54) is 23.3 Å². The van der Waals surface area contributed by atoms with Crippen LogP contribution < -0.4 is 10.6 Å². The van der Waals surface area contributed by atoms with Crippen LogP contribution in [0.3, 0.4) is 0 Å². The predicted molar refractivity (Wildman–Crippen MR) is 105 cm³/mol. The molecule has 0 saturated carbocycles. The number of nitrogens with zero attached hydrogens (tertiary/aromatic N) is 2. The van der Waals surface area contributed by atoms with Crippen molar-refractivity contribution in [2.45, 2.75) is 27.2 Å². The van der Waals surface area contributed by atoms with Gasteiger partial charge >= 0.3 is 0 Å². The smallest absolute Gasteiger partial charge is 0.229 e. The lowest BCUT2D eigenvalue weighted by molar-refractivity contribution is 0.627. The Balaban J connectivity index is 1.66. The largest absolute Gasteiger partial charge is 0.370 e. The maximum Gasteiger partial charge on any atom is 0.229 e. The third kappa shape index (κ3) is 5.02. The fraction of sp³-hybridized carbons (Fsp3) is 0.238. The molecular weight excluding hydrogens is 327 g/mol. The average molecular weight is 350 g/mol. The lowest BCUT2D eigenvalue weighted by Crippen LogP contribution is -2.09. The minimum atomic E-state index is -0.213. The van der Waals surface area contributed by atoms with Gasteiger partial charge in [0.05, 0.1) is 0 Å². The van der Waals surface area contributed by atoms with Gasteiger partial charge in [0, 0.05) is 24.0 Å². The highest BCUT2D eigenvalue weighted by atomic mass is 19.1. The zero-order valence-electron chi connectivity index (χ0n) is 15.3. The first kappa shape index (κ1) is 17.9. The maximum atomic E-state index is 13.0. The van der Waals surface area contributed by atoms with Gasteiger partial charge in [0.1, 0.15) is 11.6 Å². The van der Waals surface area contributed by atoms with Crippen LogP contribution in [0.4, 0.5) is 21.8 Å². The summed E-state index contributed by atoms with van der Waals surface area (Å²) >= 11 is 0. The predicted octanol–water partition coefficient (Wildman–Crippen LogP) is 4.94. The van der Waals surface area contributed by atoms with Crippen LogP contribution in [0, 0.1) is 26.6 Å². The van der Waals surface area contributed by atoms with Crippen LogP contribution in [-0.2, 0) is 6.42 Å². The SMILES string of the molecule is Cc1cc(C)cc(Nc2nc(C)cc(NCCc3ccc(F)cc3)n2)c1. The standard InChI is InChI=1S/C21H23FN4/c1-14-10-15(2)12-19(11-14)25-21-24-16(3)13-20(26-21)23-9-8-17-4-6-18(22)7-5-17/h4-7,10-13H,8-9H2,1-3H3,(H2,23,24,25,26). The third-order valence-corrected chi connectivity index (χ3v) is 3.97. The Morgan fingerprint density at radius 2 is 1.58 bits per heavy atom. The van der Waals surface area contributed by atoms with Gasteiger partial charge in [0.15, 0.2) is 0 Å². The van der Waals surface area contributed by atoms with E-state index in [2.05, 4.69) is 52.6 Å². The second-order valence-electron chi connectivity index (χ2n) is 6.52. The van der Waals surface area contributed by atoms with E-state index >= 15 is 0 Å². The normalized spacial score (nSPS) is 10.6. The summed E-state index contributed by atoms with van der Waals surface area (Å²) in [4.78, 5) is 9.00. The number of nitrogens with one attached hydrogen (secondary N) is 2. The Morgan fingerprint density at radius 1 is 0.885 bits per heavy atom. The monoisotopic (exact) mass is 350 g/mol. The Hall–Kier alpha value is -2.95. The van der Waals surface area contributed by atoms with Crippen LogP contribution >= 0.6 is 0 Å². The molecule has 26 heavy (non-hydrogen) atoms. The molecule has 3 rings (SSSR count). The van der Waals surface area contributed by atoms with Gasteiger partial charge in [-0.05, 0) is 68.1 Å². The van der Waals surface area contributed by atoms with Gasteiger partial charge in [-0.3, -0.25) is 0 Å². The molecule has 0 atom stereocenters. The summed E-state index contributed by atoms with van der Waals surface area (Å²) < 4.78 is 13.0. The van der Waals surface area contributed by atoms with Crippen molar-refractivity contribution >= 4 is 17.5 Å². The van der Waals surface area contributed by atoms with Crippen LogP contribution in [0.2, 0.25) is 0 Å². The summed E-state index contributed by atoms with van der Waals surface area (Å²) in [6, 6.07) is 14.7. The molecule has 2 aromatic carbocycles. The molecule has 0 aliphatic heterocycles. The number of benzene rings is 2. The Kier molecular flexibility index (Phi) is 5.46. The highest BCUT2D eigenvalue weighted by Gasteiger charge is 2.04. The van der Waals surface area contributed by atoms with Crippen molar-refractivity contribution in [2.75, 3.05) is 17.2 Å². The first-order valence-electron chi connectivity index (χ1n) is 8.67. The number of anilines is 3. The van der Waals surface area contributed by atoms with E-state index in [1.807, 2.05) is 13.0 Å². The van der Waals surface area contributed by atoms with Gasteiger partial charge in [-0.1, -0.05) is 18.2 Å². The number of rotatable bonds is 6. The summed E-state index contributed by atoms with van der Waals surface area (Å²) in [5, 5.41) is 6.59. The van der Waals surface area contributed by atoms with E-state index in [4.69, 9.17) is 0 Å². The second kappa shape index (κ2) is 7.95. The van der Waals surface area contributed by atoms with Crippen molar-refractivity contribution in [3.63, 3.8) is 0 Å². The minimum absolute atomic E-state index is 0.213. The lowest BCUT2D eigenvalue weighted by atomic mass is 10.1. The molecule has 0 aliphatic rings. The van der Waals surface area contributed by atoms with Crippen LogP contribution in [0.1, 0.15) is 22.4 Å². The molecule has 1 aromatic heterocycles. The number of aromatic nitrogens is 2. The van der Waals surface area contributed by atoms with E-state index in [9.17, 15) is 4.39 Å². The molecule has 0 bridgehead atoms. The highest BCUT2D eigenvalue weighted by molar-refractivity contribution is 5.57. The lowest BCUT2D eigenvalue weighted by Gasteiger charge is -2.11. The second-order valence-corrected chi connectivity index (χ2v) is 6.52. The van der Waals surface area contributed by atoms with Gasteiger partial charge < -0.3 is 10.6 Å². The maximum absolute atomic E-state index is 13.0.